The van der Waals surface area contributed by atoms with Crippen LogP contribution in [0.1, 0.15) is 11.4 Å². The number of fused-ring (bicyclic) bond motifs is 2. The molecule has 0 amide bonds. The van der Waals surface area contributed by atoms with E-state index in [0.29, 0.717) is 6.61 Å². The minimum absolute atomic E-state index is 0.397. The summed E-state index contributed by atoms with van der Waals surface area (Å²) >= 11 is 0. The standard InChI is InChI=1S/C26H22N2O2/c1-29-22-12-14-23(15-13-22)30-18-26-27-24-8-4-5-9-25(24)28(26)17-19-10-11-20-6-2-3-7-21(20)16-19/h2-16H,17-18H2,1H3. The summed E-state index contributed by atoms with van der Waals surface area (Å²) in [6.45, 7) is 1.14. The fourth-order valence-electron chi connectivity index (χ4n) is 3.75. The van der Waals surface area contributed by atoms with E-state index in [1.165, 1.54) is 16.3 Å². The van der Waals surface area contributed by atoms with Gasteiger partial charge < -0.3 is 14.0 Å². The maximum Gasteiger partial charge on any atom is 0.148 e. The number of methoxy groups -OCH3 is 1. The van der Waals surface area contributed by atoms with Crippen LogP contribution in [0.3, 0.4) is 0 Å². The van der Waals surface area contributed by atoms with Crippen molar-refractivity contribution in [2.75, 3.05) is 7.11 Å². The van der Waals surface area contributed by atoms with Crippen molar-refractivity contribution in [1.29, 1.82) is 0 Å². The SMILES string of the molecule is COc1ccc(OCc2nc3ccccc3n2Cc2ccc3ccccc3c2)cc1. The van der Waals surface area contributed by atoms with Gasteiger partial charge in [0, 0.05) is 6.54 Å². The lowest BCUT2D eigenvalue weighted by Crippen LogP contribution is -2.08. The Kier molecular flexibility index (Phi) is 4.81. The normalized spacial score (nSPS) is 11.1. The molecule has 0 atom stereocenters. The largest absolute Gasteiger partial charge is 0.497 e. The number of imidazole rings is 1. The van der Waals surface area contributed by atoms with Crippen molar-refractivity contribution in [3.05, 3.63) is 102 Å². The summed E-state index contributed by atoms with van der Waals surface area (Å²) in [5.41, 5.74) is 3.33. The fraction of sp³-hybridized carbons (Fsp3) is 0.115. The van der Waals surface area contributed by atoms with Gasteiger partial charge in [0.05, 0.1) is 18.1 Å². The van der Waals surface area contributed by atoms with Crippen LogP contribution in [0.15, 0.2) is 91.0 Å². The van der Waals surface area contributed by atoms with Crippen LogP contribution in [-0.4, -0.2) is 16.7 Å². The number of benzene rings is 4. The number of hydrogen-bond acceptors (Lipinski definition) is 3. The van der Waals surface area contributed by atoms with Gasteiger partial charge in [0.25, 0.3) is 0 Å². The van der Waals surface area contributed by atoms with E-state index in [1.54, 1.807) is 7.11 Å². The van der Waals surface area contributed by atoms with Crippen LogP contribution < -0.4 is 9.47 Å². The van der Waals surface area contributed by atoms with Crippen molar-refractivity contribution >= 4 is 21.8 Å². The lowest BCUT2D eigenvalue weighted by molar-refractivity contribution is 0.290. The van der Waals surface area contributed by atoms with Crippen molar-refractivity contribution in [2.45, 2.75) is 13.2 Å². The summed E-state index contributed by atoms with van der Waals surface area (Å²) < 4.78 is 13.5. The second-order valence-corrected chi connectivity index (χ2v) is 7.25. The molecule has 0 spiro atoms. The summed E-state index contributed by atoms with van der Waals surface area (Å²) in [6.07, 6.45) is 0. The predicted octanol–water partition coefficient (Wildman–Crippen LogP) is 5.83. The van der Waals surface area contributed by atoms with E-state index in [2.05, 4.69) is 59.2 Å². The van der Waals surface area contributed by atoms with Crippen molar-refractivity contribution in [2.24, 2.45) is 0 Å². The van der Waals surface area contributed by atoms with Crippen molar-refractivity contribution in [1.82, 2.24) is 9.55 Å². The molecule has 4 aromatic carbocycles. The first-order valence-electron chi connectivity index (χ1n) is 9.99. The van der Waals surface area contributed by atoms with Crippen molar-refractivity contribution in [3.8, 4) is 11.5 Å². The molecule has 0 aliphatic carbocycles. The Labute approximate surface area is 175 Å². The van der Waals surface area contributed by atoms with Crippen LogP contribution in [0.5, 0.6) is 11.5 Å². The van der Waals surface area contributed by atoms with Crippen LogP contribution in [0, 0.1) is 0 Å². The lowest BCUT2D eigenvalue weighted by atomic mass is 10.1. The molecule has 0 aliphatic rings. The predicted molar refractivity (Wildman–Crippen MR) is 120 cm³/mol. The molecule has 0 fully saturated rings. The molecular formula is C26H22N2O2. The highest BCUT2D eigenvalue weighted by Gasteiger charge is 2.12. The molecule has 0 unspecified atom stereocenters. The van der Waals surface area contributed by atoms with E-state index in [1.807, 2.05) is 36.4 Å². The molecule has 0 aliphatic heterocycles. The van der Waals surface area contributed by atoms with Gasteiger partial charge in [0.2, 0.25) is 0 Å². The van der Waals surface area contributed by atoms with E-state index < -0.39 is 0 Å². The summed E-state index contributed by atoms with van der Waals surface area (Å²) in [6, 6.07) is 30.9. The van der Waals surface area contributed by atoms with Crippen LogP contribution in [0.25, 0.3) is 21.8 Å². The van der Waals surface area contributed by atoms with Gasteiger partial charge in [-0.15, -0.1) is 0 Å². The molecule has 1 aromatic heterocycles. The molecule has 1 heterocycles. The zero-order valence-electron chi connectivity index (χ0n) is 16.8. The molecule has 0 saturated carbocycles. The summed E-state index contributed by atoms with van der Waals surface area (Å²) in [5.74, 6) is 2.51. The zero-order valence-corrected chi connectivity index (χ0v) is 16.8. The molecule has 0 N–H and O–H groups in total. The maximum absolute atomic E-state index is 6.03. The molecule has 4 nitrogen and oxygen atoms in total. The number of nitrogens with zero attached hydrogens (tertiary/aromatic N) is 2. The van der Waals surface area contributed by atoms with E-state index in [0.717, 1.165) is 34.9 Å². The van der Waals surface area contributed by atoms with Gasteiger partial charge in [0.15, 0.2) is 0 Å². The van der Waals surface area contributed by atoms with Gasteiger partial charge in [-0.05, 0) is 58.8 Å². The van der Waals surface area contributed by atoms with Gasteiger partial charge in [-0.1, -0.05) is 48.5 Å². The minimum Gasteiger partial charge on any atom is -0.497 e. The smallest absolute Gasteiger partial charge is 0.148 e. The van der Waals surface area contributed by atoms with E-state index >= 15 is 0 Å². The molecule has 0 saturated heterocycles. The van der Waals surface area contributed by atoms with E-state index in [-0.39, 0.29) is 0 Å². The van der Waals surface area contributed by atoms with Gasteiger partial charge in [-0.2, -0.15) is 0 Å². The summed E-state index contributed by atoms with van der Waals surface area (Å²) in [5, 5.41) is 2.50. The lowest BCUT2D eigenvalue weighted by Gasteiger charge is -2.12. The average Bonchev–Trinajstić information content (AvgIpc) is 3.15. The van der Waals surface area contributed by atoms with E-state index in [4.69, 9.17) is 14.5 Å². The maximum atomic E-state index is 6.03. The third kappa shape index (κ3) is 3.60. The Morgan fingerprint density at radius 1 is 0.767 bits per heavy atom. The number of rotatable bonds is 6. The summed E-state index contributed by atoms with van der Waals surface area (Å²) in [4.78, 5) is 4.83. The van der Waals surface area contributed by atoms with Crippen LogP contribution in [0.2, 0.25) is 0 Å². The van der Waals surface area contributed by atoms with Gasteiger partial charge in [0.1, 0.15) is 23.9 Å². The van der Waals surface area contributed by atoms with Crippen molar-refractivity contribution in [3.63, 3.8) is 0 Å². The number of para-hydroxylation sites is 2. The first kappa shape index (κ1) is 18.3. The molecular weight excluding hydrogens is 372 g/mol. The quantitative estimate of drug-likeness (QED) is 0.364. The number of ether oxygens (including phenoxy) is 2. The van der Waals surface area contributed by atoms with Crippen LogP contribution >= 0.6 is 0 Å². The highest BCUT2D eigenvalue weighted by molar-refractivity contribution is 5.83. The van der Waals surface area contributed by atoms with Crippen LogP contribution in [0.4, 0.5) is 0 Å². The Hall–Kier alpha value is -3.79. The minimum atomic E-state index is 0.397. The number of hydrogen-bond donors (Lipinski definition) is 0. The Bertz CT molecular complexity index is 1310. The fourth-order valence-corrected chi connectivity index (χ4v) is 3.75. The second kappa shape index (κ2) is 7.91. The van der Waals surface area contributed by atoms with Crippen molar-refractivity contribution < 1.29 is 9.47 Å². The van der Waals surface area contributed by atoms with E-state index in [9.17, 15) is 0 Å². The Morgan fingerprint density at radius 2 is 1.50 bits per heavy atom. The summed E-state index contributed by atoms with van der Waals surface area (Å²) in [7, 11) is 1.66. The Balaban J connectivity index is 1.46. The molecule has 148 valence electrons. The molecule has 30 heavy (non-hydrogen) atoms. The third-order valence-corrected chi connectivity index (χ3v) is 5.32. The van der Waals surface area contributed by atoms with Crippen LogP contribution in [-0.2, 0) is 13.2 Å². The molecule has 5 aromatic rings. The van der Waals surface area contributed by atoms with Gasteiger partial charge in [-0.25, -0.2) is 4.98 Å². The zero-order chi connectivity index (χ0) is 20.3. The third-order valence-electron chi connectivity index (χ3n) is 5.32. The number of aromatic nitrogens is 2. The first-order chi connectivity index (χ1) is 14.8. The highest BCUT2D eigenvalue weighted by atomic mass is 16.5. The molecule has 5 rings (SSSR count). The molecule has 0 radical (unpaired) electrons. The van der Waals surface area contributed by atoms with Gasteiger partial charge in [-0.3, -0.25) is 0 Å². The monoisotopic (exact) mass is 394 g/mol. The average molecular weight is 394 g/mol. The second-order valence-electron chi connectivity index (χ2n) is 7.25. The topological polar surface area (TPSA) is 36.3 Å². The highest BCUT2D eigenvalue weighted by Crippen LogP contribution is 2.23. The Morgan fingerprint density at radius 3 is 2.33 bits per heavy atom. The molecule has 4 heteroatoms. The van der Waals surface area contributed by atoms with Gasteiger partial charge >= 0.3 is 0 Å². The molecule has 0 bridgehead atoms. The first-order valence-corrected chi connectivity index (χ1v) is 9.99.